The van der Waals surface area contributed by atoms with Gasteiger partial charge in [-0.05, 0) is 93.2 Å². The highest BCUT2D eigenvalue weighted by Crippen LogP contribution is 3.03. The quantitative estimate of drug-likeness (QED) is 0.130. The fourth-order valence-electron chi connectivity index (χ4n) is 11.0. The Kier molecular flexibility index (Phi) is 7.16. The van der Waals surface area contributed by atoms with Gasteiger partial charge >= 0.3 is 20.4 Å². The molecule has 6 aliphatic heterocycles. The average molecular weight is 995 g/mol. The molecule has 6 aliphatic rings. The van der Waals surface area contributed by atoms with Gasteiger partial charge in [-0.15, -0.1) is 0 Å². The van der Waals surface area contributed by atoms with E-state index in [4.69, 9.17) is 23.7 Å². The summed E-state index contributed by atoms with van der Waals surface area (Å²) in [5.74, 6) is 0.251. The fourth-order valence-corrected chi connectivity index (χ4v) is 12.3. The van der Waals surface area contributed by atoms with Gasteiger partial charge in [0.1, 0.15) is 67.3 Å². The first-order valence-electron chi connectivity index (χ1n) is 21.6. The predicted molar refractivity (Wildman–Crippen MR) is 255 cm³/mol. The molecule has 70 heavy (non-hydrogen) atoms. The van der Waals surface area contributed by atoms with Crippen LogP contribution in [0.2, 0.25) is 0 Å². The molecule has 0 aliphatic carbocycles. The Labute approximate surface area is 392 Å². The second kappa shape index (κ2) is 12.0. The molecule has 0 bridgehead atoms. The zero-order chi connectivity index (χ0) is 48.4. The molecule has 0 spiro atoms. The molecule has 0 saturated carbocycles. The first kappa shape index (κ1) is 41.7. The van der Waals surface area contributed by atoms with Crippen molar-refractivity contribution in [1.29, 1.82) is 0 Å². The summed E-state index contributed by atoms with van der Waals surface area (Å²) in [6, 6.07) is 33.2. The molecule has 0 atom stereocenters. The molecule has 0 saturated heterocycles. The van der Waals surface area contributed by atoms with Crippen molar-refractivity contribution in [3.05, 3.63) is 145 Å². The van der Waals surface area contributed by atoms with Gasteiger partial charge in [-0.3, -0.25) is 0 Å². The van der Waals surface area contributed by atoms with Crippen LogP contribution in [0, 0.1) is 6.92 Å². The third kappa shape index (κ3) is 5.96. The van der Waals surface area contributed by atoms with E-state index in [2.05, 4.69) is 0 Å². The molecule has 0 radical (unpaired) electrons. The summed E-state index contributed by atoms with van der Waals surface area (Å²) < 4.78 is 181. The van der Waals surface area contributed by atoms with E-state index in [0.29, 0.717) is 62.4 Å². The standard InChI is InChI=1S/C49H26B3F10NO5S2/c1-25-15-42-48-43(16-25)67-40-24-41-34(22-33(40)51(48)30-12-6-8-14-38(30)64-42)52-32-21-31-35(23-39(32)66-45-19-28(70(58,59,60,61)62)20-46(68-41)49(45)52)63(26-9-3-2-4-10-26)36-17-27(69(53,54,55,56)57)18-44-47(36)50(31)29-11-5-7-13-37(29)65-44/h2-24H,1H3. The molecule has 0 N–H and O–H groups in total. The molecule has 21 heteroatoms. The fraction of sp³-hybridized carbons (Fsp3) is 0.0204. The monoisotopic (exact) mass is 995 g/mol. The predicted octanol–water partition coefficient (Wildman–Crippen LogP) is 11.2. The molecule has 0 aromatic heterocycles. The van der Waals surface area contributed by atoms with Crippen molar-refractivity contribution in [2.45, 2.75) is 16.7 Å². The summed E-state index contributed by atoms with van der Waals surface area (Å²) in [5.41, 5.74) is 4.83. The summed E-state index contributed by atoms with van der Waals surface area (Å²) in [7, 11) is -20.9. The van der Waals surface area contributed by atoms with E-state index in [1.807, 2.05) is 49.4 Å². The van der Waals surface area contributed by atoms with Gasteiger partial charge in [0.2, 0.25) is 0 Å². The van der Waals surface area contributed by atoms with E-state index in [9.17, 15) is 38.9 Å². The maximum Gasteiger partial charge on any atom is 0.310 e. The molecule has 6 nitrogen and oxygen atoms in total. The van der Waals surface area contributed by atoms with Gasteiger partial charge in [-0.25, -0.2) is 0 Å². The molecule has 0 unspecified atom stereocenters. The van der Waals surface area contributed by atoms with Gasteiger partial charge in [-0.1, -0.05) is 106 Å². The zero-order valence-corrected chi connectivity index (χ0v) is 37.2. The number of hydrogen-bond donors (Lipinski definition) is 0. The van der Waals surface area contributed by atoms with Crippen LogP contribution in [0.15, 0.2) is 149 Å². The molecule has 6 heterocycles. The van der Waals surface area contributed by atoms with Crippen LogP contribution < -0.4 is 77.7 Å². The molecule has 348 valence electrons. The molecule has 8 aromatic rings. The van der Waals surface area contributed by atoms with Crippen molar-refractivity contribution >= 4 is 107 Å². The second-order valence-corrected chi connectivity index (χ2v) is 23.1. The van der Waals surface area contributed by atoms with Crippen LogP contribution in [0.4, 0.5) is 55.9 Å². The van der Waals surface area contributed by atoms with Crippen molar-refractivity contribution in [2.24, 2.45) is 0 Å². The number of anilines is 3. The van der Waals surface area contributed by atoms with Crippen molar-refractivity contribution < 1.29 is 62.5 Å². The highest BCUT2D eigenvalue weighted by molar-refractivity contribution is 8.46. The summed E-state index contributed by atoms with van der Waals surface area (Å²) in [6.45, 7) is -0.653. The van der Waals surface area contributed by atoms with E-state index in [-0.39, 0.29) is 57.4 Å². The normalized spacial score (nSPS) is 16.8. The minimum absolute atomic E-state index is 0.00207. The maximum absolute atomic E-state index is 14.9. The largest absolute Gasteiger partial charge is 0.458 e. The molecule has 0 amide bonds. The van der Waals surface area contributed by atoms with Crippen LogP contribution in [0.3, 0.4) is 0 Å². The van der Waals surface area contributed by atoms with E-state index in [1.165, 1.54) is 23.1 Å². The number of ether oxygens (including phenoxy) is 5. The number of para-hydroxylation sites is 3. The van der Waals surface area contributed by atoms with Gasteiger partial charge in [0.25, 0.3) is 20.1 Å². The van der Waals surface area contributed by atoms with Crippen LogP contribution in [-0.4, -0.2) is 20.1 Å². The van der Waals surface area contributed by atoms with E-state index >= 15 is 0 Å². The van der Waals surface area contributed by atoms with Crippen molar-refractivity contribution in [3.63, 3.8) is 0 Å². The third-order valence-electron chi connectivity index (χ3n) is 13.8. The Hall–Kier alpha value is -7.25. The Morgan fingerprint density at radius 1 is 0.343 bits per heavy atom. The van der Waals surface area contributed by atoms with Gasteiger partial charge in [-0.2, -0.15) is 0 Å². The highest BCUT2D eigenvalue weighted by Gasteiger charge is 2.67. The van der Waals surface area contributed by atoms with Crippen molar-refractivity contribution in [2.75, 3.05) is 4.90 Å². The highest BCUT2D eigenvalue weighted by atomic mass is 32.5. The lowest BCUT2D eigenvalue weighted by Crippen LogP contribution is -2.64. The van der Waals surface area contributed by atoms with E-state index in [1.54, 1.807) is 54.6 Å². The van der Waals surface area contributed by atoms with Crippen LogP contribution in [0.1, 0.15) is 5.56 Å². The number of fused-ring (bicyclic) bond motifs is 12. The Morgan fingerprint density at radius 2 is 0.743 bits per heavy atom. The van der Waals surface area contributed by atoms with Crippen LogP contribution in [-0.2, 0) is 0 Å². The third-order valence-corrected chi connectivity index (χ3v) is 16.0. The summed E-state index contributed by atoms with van der Waals surface area (Å²) >= 11 is 0. The summed E-state index contributed by atoms with van der Waals surface area (Å²) in [6.07, 6.45) is 0. The first-order chi connectivity index (χ1) is 32.8. The lowest BCUT2D eigenvalue weighted by atomic mass is 9.30. The Balaban J connectivity index is 1.06. The number of halogens is 10. The Bertz CT molecular complexity index is 3800. The average Bonchev–Trinajstić information content (AvgIpc) is 3.28. The number of rotatable bonds is 3. The minimum Gasteiger partial charge on any atom is -0.458 e. The minimum atomic E-state index is -10.4. The maximum atomic E-state index is 14.9. The number of aryl methyl sites for hydroxylation is 1. The van der Waals surface area contributed by atoms with Gasteiger partial charge in [0.15, 0.2) is 0 Å². The number of nitrogens with zero attached hydrogens (tertiary/aromatic N) is 1. The van der Waals surface area contributed by atoms with Crippen LogP contribution >= 0.6 is 20.4 Å². The second-order valence-electron chi connectivity index (χ2n) is 18.2. The van der Waals surface area contributed by atoms with Crippen LogP contribution in [0.25, 0.3) is 0 Å². The van der Waals surface area contributed by atoms with Crippen LogP contribution in [0.5, 0.6) is 57.5 Å². The summed E-state index contributed by atoms with van der Waals surface area (Å²) in [4.78, 5) is -3.16. The lowest BCUT2D eigenvalue weighted by Gasteiger charge is -2.45. The smallest absolute Gasteiger partial charge is 0.310 e. The number of benzene rings is 8. The zero-order valence-electron chi connectivity index (χ0n) is 35.6. The van der Waals surface area contributed by atoms with Crippen molar-refractivity contribution in [1.82, 2.24) is 0 Å². The summed E-state index contributed by atoms with van der Waals surface area (Å²) in [5, 5.41) is 0. The van der Waals surface area contributed by atoms with Crippen molar-refractivity contribution in [3.8, 4) is 57.5 Å². The molecular weight excluding hydrogens is 969 g/mol. The van der Waals surface area contributed by atoms with Gasteiger partial charge < -0.3 is 28.6 Å². The lowest BCUT2D eigenvalue weighted by molar-refractivity contribution is 0.359. The van der Waals surface area contributed by atoms with Gasteiger partial charge in [0.05, 0.1) is 0 Å². The first-order valence-corrected chi connectivity index (χ1v) is 25.5. The van der Waals surface area contributed by atoms with Gasteiger partial charge in [0, 0.05) is 58.3 Å². The molecular formula is C49H26B3F10NO5S2. The molecule has 8 aromatic carbocycles. The van der Waals surface area contributed by atoms with E-state index in [0.717, 1.165) is 16.5 Å². The topological polar surface area (TPSA) is 49.4 Å². The molecule has 14 rings (SSSR count). The molecule has 0 fully saturated rings. The Morgan fingerprint density at radius 3 is 1.27 bits per heavy atom. The SMILES string of the molecule is Cc1cc2c3c(c1)Oc1cc4c(cc1B3c1ccccc1O2)B1c2cc3c(cc2Oc2cc(S(F)(F)(F)(F)F)cc(c21)O4)N(c1ccccc1)c1cc(S(F)(F)(F)(F)F)cc2c1B3c1ccccc1O2. The van der Waals surface area contributed by atoms with E-state index < -0.39 is 67.6 Å². The number of hydrogen-bond acceptors (Lipinski definition) is 6.